The van der Waals surface area contributed by atoms with Crippen molar-refractivity contribution in [3.05, 3.63) is 45.8 Å². The van der Waals surface area contributed by atoms with E-state index in [4.69, 9.17) is 0 Å². The Morgan fingerprint density at radius 2 is 2.12 bits per heavy atom. The van der Waals surface area contributed by atoms with Crippen LogP contribution in [0.15, 0.2) is 30.1 Å². The lowest BCUT2D eigenvalue weighted by atomic mass is 10.2. The summed E-state index contributed by atoms with van der Waals surface area (Å²) in [6.07, 6.45) is 0.444. The van der Waals surface area contributed by atoms with Crippen LogP contribution in [0.1, 0.15) is 5.56 Å². The number of benzene rings is 1. The summed E-state index contributed by atoms with van der Waals surface area (Å²) in [5.41, 5.74) is -0.383. The summed E-state index contributed by atoms with van der Waals surface area (Å²) in [6.45, 7) is 0. The average Bonchev–Trinajstić information content (AvgIpc) is 2.16. The summed E-state index contributed by atoms with van der Waals surface area (Å²) >= 11 is 4.43. The molecule has 0 fully saturated rings. The predicted molar refractivity (Wildman–Crippen MR) is 53.0 cm³/mol. The zero-order chi connectivity index (χ0) is 12.3. The first-order chi connectivity index (χ1) is 7.30. The average molecular weight is 252 g/mol. The van der Waals surface area contributed by atoms with Gasteiger partial charge in [0.2, 0.25) is 0 Å². The minimum atomic E-state index is -4.11. The van der Waals surface area contributed by atoms with Crippen LogP contribution in [-0.2, 0) is 0 Å². The molecule has 16 heavy (non-hydrogen) atoms. The Bertz CT molecular complexity index is 443. The molecule has 0 unspecified atom stereocenters. The van der Waals surface area contributed by atoms with E-state index in [0.29, 0.717) is 6.08 Å². The molecule has 0 heterocycles. The molecule has 0 aliphatic heterocycles. The van der Waals surface area contributed by atoms with Crippen LogP contribution in [0, 0.1) is 10.1 Å². The predicted octanol–water partition coefficient (Wildman–Crippen LogP) is 3.74. The molecule has 7 heteroatoms. The minimum Gasteiger partial charge on any atom is -0.258 e. The van der Waals surface area contributed by atoms with Crippen molar-refractivity contribution in [2.75, 3.05) is 0 Å². The van der Waals surface area contributed by atoms with Gasteiger partial charge < -0.3 is 0 Å². The first-order valence-corrected chi connectivity index (χ1v) is 4.37. The molecule has 0 N–H and O–H groups in total. The largest absolute Gasteiger partial charge is 0.373 e. The number of nitro groups is 1. The fraction of sp³-hybridized carbons (Fsp3) is 0.111. The van der Waals surface area contributed by atoms with Crippen LogP contribution in [-0.4, -0.2) is 10.3 Å². The molecule has 0 saturated carbocycles. The summed E-state index contributed by atoms with van der Waals surface area (Å²) in [6, 6.07) is 4.62. The van der Waals surface area contributed by atoms with E-state index in [9.17, 15) is 23.3 Å². The van der Waals surface area contributed by atoms with Crippen LogP contribution in [0.3, 0.4) is 0 Å². The second kappa shape index (κ2) is 4.52. The van der Waals surface area contributed by atoms with E-state index in [2.05, 4.69) is 11.6 Å². The molecule has 0 spiro atoms. The second-order valence-electron chi connectivity index (χ2n) is 2.84. The first kappa shape index (κ1) is 12.5. The summed E-state index contributed by atoms with van der Waals surface area (Å²) in [5, 5.41) is 6.25. The highest BCUT2D eigenvalue weighted by Gasteiger charge is 2.31. The summed E-state index contributed by atoms with van der Waals surface area (Å²) in [7, 11) is 0. The van der Waals surface area contributed by atoms with E-state index >= 15 is 0 Å². The van der Waals surface area contributed by atoms with Crippen molar-refractivity contribution < 1.29 is 18.1 Å². The lowest BCUT2D eigenvalue weighted by molar-refractivity contribution is -0.384. The van der Waals surface area contributed by atoms with Crippen molar-refractivity contribution in [1.29, 1.82) is 0 Å². The van der Waals surface area contributed by atoms with E-state index < -0.39 is 16.1 Å². The molecule has 0 saturated heterocycles. The van der Waals surface area contributed by atoms with Crippen molar-refractivity contribution in [3.63, 3.8) is 0 Å². The molecule has 1 rings (SSSR count). The van der Waals surface area contributed by atoms with Crippen molar-refractivity contribution in [1.82, 2.24) is 0 Å². The maximum absolute atomic E-state index is 12.7. The first-order valence-electron chi connectivity index (χ1n) is 3.99. The third kappa shape index (κ3) is 3.23. The Morgan fingerprint density at radius 1 is 1.50 bits per heavy atom. The zero-order valence-corrected chi connectivity index (χ0v) is 8.42. The molecule has 86 valence electrons. The van der Waals surface area contributed by atoms with Gasteiger partial charge in [-0.15, -0.1) is 0 Å². The number of halogens is 4. The van der Waals surface area contributed by atoms with Gasteiger partial charge in [0.15, 0.2) is 5.83 Å². The number of hydrogen-bond acceptors (Lipinski definition) is 2. The second-order valence-corrected chi connectivity index (χ2v) is 3.32. The van der Waals surface area contributed by atoms with Crippen LogP contribution >= 0.6 is 11.6 Å². The van der Waals surface area contributed by atoms with Gasteiger partial charge in [0.1, 0.15) is 0 Å². The van der Waals surface area contributed by atoms with E-state index in [1.807, 2.05) is 0 Å². The molecule has 0 amide bonds. The van der Waals surface area contributed by atoms with E-state index in [-0.39, 0.29) is 11.3 Å². The minimum absolute atomic E-state index is 0.0629. The summed E-state index contributed by atoms with van der Waals surface area (Å²) < 4.78 is 37.2. The Balaban J connectivity index is 3.07. The van der Waals surface area contributed by atoms with Crippen LogP contribution in [0.2, 0.25) is 0 Å². The maximum Gasteiger partial charge on any atom is 0.373 e. The molecular weight excluding hydrogens is 247 g/mol. The molecule has 0 aromatic heterocycles. The summed E-state index contributed by atoms with van der Waals surface area (Å²) in [4.78, 5) is 9.64. The van der Waals surface area contributed by atoms with Crippen molar-refractivity contribution in [3.8, 4) is 0 Å². The van der Waals surface area contributed by atoms with Gasteiger partial charge >= 0.3 is 5.38 Å². The van der Waals surface area contributed by atoms with Gasteiger partial charge in [-0.1, -0.05) is 12.1 Å². The zero-order valence-electron chi connectivity index (χ0n) is 7.66. The van der Waals surface area contributed by atoms with E-state index in [1.165, 1.54) is 12.1 Å². The SMILES string of the molecule is O=[N+]([O-])c1cccc(/C=C(/F)C(F)(F)Cl)c1. The fourth-order valence-corrected chi connectivity index (χ4v) is 1.01. The number of allylic oxidation sites excluding steroid dienone is 1. The highest BCUT2D eigenvalue weighted by Crippen LogP contribution is 2.31. The van der Waals surface area contributed by atoms with Gasteiger partial charge in [0.25, 0.3) is 5.69 Å². The number of rotatable bonds is 3. The van der Waals surface area contributed by atoms with Gasteiger partial charge in [-0.2, -0.15) is 8.78 Å². The maximum atomic E-state index is 12.7. The third-order valence-corrected chi connectivity index (χ3v) is 1.83. The van der Waals surface area contributed by atoms with Crippen LogP contribution in [0.5, 0.6) is 0 Å². The lowest BCUT2D eigenvalue weighted by Gasteiger charge is -2.03. The molecule has 0 aliphatic carbocycles. The van der Waals surface area contributed by atoms with Gasteiger partial charge in [0.05, 0.1) is 4.92 Å². The standard InChI is InChI=1S/C9H5ClF3NO2/c10-9(12,13)8(11)5-6-2-1-3-7(4-6)14(15)16/h1-5H/b8-5+. The molecule has 0 radical (unpaired) electrons. The topological polar surface area (TPSA) is 43.1 Å². The van der Waals surface area contributed by atoms with Crippen molar-refractivity contribution in [2.45, 2.75) is 5.38 Å². The fourth-order valence-electron chi connectivity index (χ4n) is 0.956. The molecule has 0 aliphatic rings. The Labute approximate surface area is 93.3 Å². The van der Waals surface area contributed by atoms with Crippen LogP contribution in [0.25, 0.3) is 6.08 Å². The van der Waals surface area contributed by atoms with E-state index in [0.717, 1.165) is 12.1 Å². The van der Waals surface area contributed by atoms with Gasteiger partial charge in [0, 0.05) is 12.1 Å². The molecule has 0 bridgehead atoms. The van der Waals surface area contributed by atoms with Gasteiger partial charge in [-0.05, 0) is 23.2 Å². The van der Waals surface area contributed by atoms with Crippen molar-refractivity contribution >= 4 is 23.4 Å². The Kier molecular flexibility index (Phi) is 3.54. The lowest BCUT2D eigenvalue weighted by Crippen LogP contribution is -2.05. The normalized spacial score (nSPS) is 12.6. The van der Waals surface area contributed by atoms with Crippen LogP contribution in [0.4, 0.5) is 18.9 Å². The van der Waals surface area contributed by atoms with Gasteiger partial charge in [-0.3, -0.25) is 10.1 Å². The van der Waals surface area contributed by atoms with Crippen LogP contribution < -0.4 is 0 Å². The van der Waals surface area contributed by atoms with Crippen molar-refractivity contribution in [2.24, 2.45) is 0 Å². The highest BCUT2D eigenvalue weighted by atomic mass is 35.5. The Hall–Kier alpha value is -1.56. The Morgan fingerprint density at radius 3 is 2.62 bits per heavy atom. The molecular formula is C9H5ClF3NO2. The molecule has 1 aromatic carbocycles. The van der Waals surface area contributed by atoms with Gasteiger partial charge in [-0.25, -0.2) is 4.39 Å². The van der Waals surface area contributed by atoms with E-state index in [1.54, 1.807) is 0 Å². The molecule has 1 aromatic rings. The molecule has 3 nitrogen and oxygen atoms in total. The number of nitrogens with zero attached hydrogens (tertiary/aromatic N) is 1. The highest BCUT2D eigenvalue weighted by molar-refractivity contribution is 6.23. The monoisotopic (exact) mass is 251 g/mol. The number of nitro benzene ring substituents is 1. The summed E-state index contributed by atoms with van der Waals surface area (Å²) in [5.74, 6) is -1.87. The number of non-ortho nitro benzene ring substituents is 1. The number of hydrogen-bond donors (Lipinski definition) is 0. The smallest absolute Gasteiger partial charge is 0.258 e. The third-order valence-electron chi connectivity index (χ3n) is 1.65. The molecule has 0 atom stereocenters. The quantitative estimate of drug-likeness (QED) is 0.467. The number of alkyl halides is 3.